The van der Waals surface area contributed by atoms with Gasteiger partial charge in [-0.25, -0.2) is 17.5 Å². The Labute approximate surface area is 214 Å². The first kappa shape index (κ1) is 24.7. The largest absolute Gasteiger partial charge is 0.367 e. The summed E-state index contributed by atoms with van der Waals surface area (Å²) in [5.41, 5.74) is 2.36. The summed E-state index contributed by atoms with van der Waals surface area (Å²) in [6.45, 7) is 4.80. The van der Waals surface area contributed by atoms with Crippen LogP contribution < -0.4 is 14.5 Å². The van der Waals surface area contributed by atoms with Crippen molar-refractivity contribution in [2.24, 2.45) is 5.92 Å². The van der Waals surface area contributed by atoms with Crippen molar-refractivity contribution in [3.05, 3.63) is 52.3 Å². The van der Waals surface area contributed by atoms with Crippen LogP contribution in [0, 0.1) is 11.7 Å². The van der Waals surface area contributed by atoms with E-state index in [0.717, 1.165) is 63.2 Å². The highest BCUT2D eigenvalue weighted by atomic mass is 79.9. The van der Waals surface area contributed by atoms with E-state index >= 15 is 0 Å². The van der Waals surface area contributed by atoms with Crippen molar-refractivity contribution in [1.29, 1.82) is 0 Å². The number of anilines is 2. The summed E-state index contributed by atoms with van der Waals surface area (Å²) in [6, 6.07) is 10.3. The van der Waals surface area contributed by atoms with Crippen molar-refractivity contribution in [1.82, 2.24) is 9.62 Å². The number of carbonyl (C=O) groups excluding carboxylic acids is 1. The normalized spacial score (nSPS) is 18.7. The maximum atomic E-state index is 14.0. The predicted molar refractivity (Wildman–Crippen MR) is 138 cm³/mol. The average molecular weight is 566 g/mol. The predicted octanol–water partition coefficient (Wildman–Crippen LogP) is 3.38. The molecular formula is C25H30BrFN4O3S. The van der Waals surface area contributed by atoms with E-state index < -0.39 is 10.0 Å². The third-order valence-electron chi connectivity index (χ3n) is 7.02. The minimum Gasteiger partial charge on any atom is -0.367 e. The number of fused-ring (bicyclic) bond motifs is 1. The van der Waals surface area contributed by atoms with Crippen molar-refractivity contribution in [2.45, 2.75) is 30.6 Å². The summed E-state index contributed by atoms with van der Waals surface area (Å²) in [6.07, 6.45) is 3.26. The number of hydrogen-bond donors (Lipinski definition) is 1. The highest BCUT2D eigenvalue weighted by molar-refractivity contribution is 9.10. The summed E-state index contributed by atoms with van der Waals surface area (Å²) in [5, 5.41) is 0. The molecule has 1 saturated carbocycles. The van der Waals surface area contributed by atoms with Crippen LogP contribution in [0.5, 0.6) is 0 Å². The molecule has 3 aliphatic rings. The maximum absolute atomic E-state index is 14.0. The highest BCUT2D eigenvalue weighted by Gasteiger charge is 2.37. The van der Waals surface area contributed by atoms with E-state index in [0.29, 0.717) is 29.7 Å². The number of carbonyl (C=O) groups is 1. The molecule has 5 rings (SSSR count). The van der Waals surface area contributed by atoms with E-state index in [4.69, 9.17) is 0 Å². The van der Waals surface area contributed by atoms with E-state index in [-0.39, 0.29) is 22.5 Å². The van der Waals surface area contributed by atoms with Crippen LogP contribution in [0.2, 0.25) is 0 Å². The Morgan fingerprint density at radius 3 is 2.51 bits per heavy atom. The second-order valence-corrected chi connectivity index (χ2v) is 12.0. The lowest BCUT2D eigenvalue weighted by molar-refractivity contribution is -0.119. The van der Waals surface area contributed by atoms with Gasteiger partial charge >= 0.3 is 0 Å². The van der Waals surface area contributed by atoms with Crippen molar-refractivity contribution in [3.8, 4) is 0 Å². The number of rotatable bonds is 8. The molecule has 2 aromatic carbocycles. The summed E-state index contributed by atoms with van der Waals surface area (Å²) in [5.74, 6) is 0.00180. The second kappa shape index (κ2) is 10.2. The first-order valence-electron chi connectivity index (χ1n) is 12.2. The summed E-state index contributed by atoms with van der Waals surface area (Å²) < 4.78 is 43.4. The molecule has 0 aromatic heterocycles. The zero-order valence-corrected chi connectivity index (χ0v) is 22.0. The van der Waals surface area contributed by atoms with Crippen molar-refractivity contribution >= 4 is 43.2 Å². The quantitative estimate of drug-likeness (QED) is 0.497. The molecule has 1 amide bonds. The van der Waals surface area contributed by atoms with Gasteiger partial charge in [-0.2, -0.15) is 0 Å². The van der Waals surface area contributed by atoms with E-state index in [1.807, 2.05) is 12.1 Å². The molecule has 0 spiro atoms. The summed E-state index contributed by atoms with van der Waals surface area (Å²) in [7, 11) is -3.72. The molecule has 1 N–H and O–H groups in total. The van der Waals surface area contributed by atoms with E-state index in [1.165, 1.54) is 6.07 Å². The van der Waals surface area contributed by atoms with Gasteiger partial charge in [0.1, 0.15) is 5.82 Å². The molecule has 0 atom stereocenters. The lowest BCUT2D eigenvalue weighted by atomic mass is 10.2. The zero-order valence-electron chi connectivity index (χ0n) is 19.6. The fourth-order valence-corrected chi connectivity index (χ4v) is 7.06. The number of nitrogens with one attached hydrogen (secondary N) is 1. The Kier molecular flexibility index (Phi) is 7.16. The Balaban J connectivity index is 1.14. The first-order valence-corrected chi connectivity index (χ1v) is 14.5. The fourth-order valence-electron chi connectivity index (χ4n) is 4.88. The minimum atomic E-state index is -3.72. The molecule has 2 heterocycles. The van der Waals surface area contributed by atoms with Crippen LogP contribution in [0.15, 0.2) is 45.8 Å². The van der Waals surface area contributed by atoms with Crippen LogP contribution in [-0.2, 0) is 21.2 Å². The van der Waals surface area contributed by atoms with Crippen LogP contribution in [0.25, 0.3) is 0 Å². The van der Waals surface area contributed by atoms with E-state index in [2.05, 4.69) is 30.5 Å². The van der Waals surface area contributed by atoms with E-state index in [1.54, 1.807) is 23.1 Å². The van der Waals surface area contributed by atoms with Crippen molar-refractivity contribution in [3.63, 3.8) is 0 Å². The van der Waals surface area contributed by atoms with Crippen molar-refractivity contribution < 1.29 is 17.6 Å². The number of para-hydroxylation sites is 1. The topological polar surface area (TPSA) is 73.0 Å². The van der Waals surface area contributed by atoms with Crippen LogP contribution in [0.1, 0.15) is 24.8 Å². The Morgan fingerprint density at radius 1 is 1.06 bits per heavy atom. The zero-order chi connectivity index (χ0) is 24.6. The van der Waals surface area contributed by atoms with Gasteiger partial charge in [0.15, 0.2) is 0 Å². The Hall–Kier alpha value is -2.01. The molecular weight excluding hydrogens is 535 g/mol. The van der Waals surface area contributed by atoms with Gasteiger partial charge in [0.25, 0.3) is 0 Å². The SMILES string of the molecule is O=C(C1CC1)N1CCc2cc(Br)c(S(=O)(=O)NCCCN3CCN(c4ccccc4F)CC3)cc21. The standard InChI is InChI=1S/C25H30BrFN4O3S/c26-20-16-19-8-11-31(25(32)18-6-7-18)23(19)17-24(20)35(33,34)28-9-3-10-29-12-14-30(15-13-29)22-5-2-1-4-21(22)27/h1-2,4-5,16-18,28H,3,6-15H2. The third-order valence-corrected chi connectivity index (χ3v) is 9.44. The maximum Gasteiger partial charge on any atom is 0.241 e. The van der Waals surface area contributed by atoms with Crippen LogP contribution in [0.3, 0.4) is 0 Å². The van der Waals surface area contributed by atoms with E-state index in [9.17, 15) is 17.6 Å². The number of piperazine rings is 1. The van der Waals surface area contributed by atoms with Crippen molar-refractivity contribution in [2.75, 3.05) is 55.6 Å². The smallest absolute Gasteiger partial charge is 0.241 e. The molecule has 0 unspecified atom stereocenters. The average Bonchev–Trinajstić information content (AvgIpc) is 3.62. The first-order chi connectivity index (χ1) is 16.8. The number of amides is 1. The molecule has 2 aliphatic heterocycles. The summed E-state index contributed by atoms with van der Waals surface area (Å²) >= 11 is 3.42. The molecule has 2 aromatic rings. The van der Waals surface area contributed by atoms with Gasteiger partial charge in [-0.15, -0.1) is 0 Å². The van der Waals surface area contributed by atoms with Gasteiger partial charge in [-0.05, 0) is 78.0 Å². The molecule has 188 valence electrons. The number of nitrogens with zero attached hydrogens (tertiary/aromatic N) is 3. The van der Waals surface area contributed by atoms with Gasteiger partial charge < -0.3 is 9.80 Å². The molecule has 0 radical (unpaired) electrons. The number of halogens is 2. The molecule has 2 fully saturated rings. The highest BCUT2D eigenvalue weighted by Crippen LogP contribution is 2.39. The molecule has 0 bridgehead atoms. The number of benzene rings is 2. The molecule has 1 aliphatic carbocycles. The second-order valence-electron chi connectivity index (χ2n) is 9.46. The molecule has 7 nitrogen and oxygen atoms in total. The minimum absolute atomic E-state index is 0.0939. The Bertz CT molecular complexity index is 1210. The number of hydrogen-bond acceptors (Lipinski definition) is 5. The third kappa shape index (κ3) is 5.40. The fraction of sp³-hybridized carbons (Fsp3) is 0.480. The van der Waals surface area contributed by atoms with Gasteiger partial charge in [-0.3, -0.25) is 9.69 Å². The van der Waals surface area contributed by atoms with Gasteiger partial charge in [0.05, 0.1) is 10.6 Å². The van der Waals surface area contributed by atoms with Gasteiger partial charge in [0.2, 0.25) is 15.9 Å². The molecule has 10 heteroatoms. The van der Waals surface area contributed by atoms with Crippen LogP contribution in [0.4, 0.5) is 15.8 Å². The monoisotopic (exact) mass is 564 g/mol. The van der Waals surface area contributed by atoms with Crippen LogP contribution >= 0.6 is 15.9 Å². The Morgan fingerprint density at radius 2 is 1.80 bits per heavy atom. The summed E-state index contributed by atoms with van der Waals surface area (Å²) in [4.78, 5) is 18.9. The lowest BCUT2D eigenvalue weighted by Crippen LogP contribution is -2.47. The lowest BCUT2D eigenvalue weighted by Gasteiger charge is -2.36. The van der Waals surface area contributed by atoms with Crippen LogP contribution in [-0.4, -0.2) is 65.0 Å². The van der Waals surface area contributed by atoms with Gasteiger partial charge in [0, 0.05) is 55.3 Å². The molecule has 35 heavy (non-hydrogen) atoms. The molecule has 1 saturated heterocycles. The number of sulfonamides is 1. The van der Waals surface area contributed by atoms with Gasteiger partial charge in [-0.1, -0.05) is 12.1 Å².